The van der Waals surface area contributed by atoms with Crippen LogP contribution in [0, 0.1) is 5.82 Å². The van der Waals surface area contributed by atoms with Crippen LogP contribution < -0.4 is 11.1 Å². The standard InChI is InChI=1S/C13H16ClFN2O3S/c1-2-20-13(19)11(16)6-21-7-12(18)17-8-3-4-10(15)9(14)5-8/h3-5,11H,2,6-7,16H2,1H3,(H,17,18). The number of nitrogens with one attached hydrogen (secondary N) is 1. The monoisotopic (exact) mass is 334 g/mol. The molecule has 0 heterocycles. The lowest BCUT2D eigenvalue weighted by atomic mass is 10.3. The zero-order valence-corrected chi connectivity index (χ0v) is 13.0. The number of halogens is 2. The van der Waals surface area contributed by atoms with E-state index in [9.17, 15) is 14.0 Å². The Labute approximate surface area is 131 Å². The first-order valence-corrected chi connectivity index (χ1v) is 7.72. The first-order valence-electron chi connectivity index (χ1n) is 6.19. The van der Waals surface area contributed by atoms with Crippen LogP contribution in [0.1, 0.15) is 6.92 Å². The topological polar surface area (TPSA) is 81.4 Å². The Morgan fingerprint density at radius 1 is 1.52 bits per heavy atom. The Kier molecular flexibility index (Phi) is 7.49. The van der Waals surface area contributed by atoms with E-state index in [2.05, 4.69) is 5.32 Å². The highest BCUT2D eigenvalue weighted by molar-refractivity contribution is 8.00. The summed E-state index contributed by atoms with van der Waals surface area (Å²) in [5, 5.41) is 2.51. The number of ether oxygens (including phenoxy) is 1. The van der Waals surface area contributed by atoms with Gasteiger partial charge in [-0.15, -0.1) is 11.8 Å². The van der Waals surface area contributed by atoms with Gasteiger partial charge in [-0.1, -0.05) is 11.6 Å². The highest BCUT2D eigenvalue weighted by Crippen LogP contribution is 2.19. The molecule has 0 aliphatic rings. The number of rotatable bonds is 7. The van der Waals surface area contributed by atoms with Crippen LogP contribution in [0.4, 0.5) is 10.1 Å². The van der Waals surface area contributed by atoms with Crippen LogP contribution in [0.3, 0.4) is 0 Å². The summed E-state index contributed by atoms with van der Waals surface area (Å²) in [5.41, 5.74) is 6.00. The molecule has 3 N–H and O–H groups in total. The van der Waals surface area contributed by atoms with E-state index in [-0.39, 0.29) is 29.0 Å². The Morgan fingerprint density at radius 3 is 2.86 bits per heavy atom. The molecular formula is C13H16ClFN2O3S. The number of carbonyl (C=O) groups excluding carboxylic acids is 2. The Bertz CT molecular complexity index is 516. The number of carbonyl (C=O) groups is 2. The van der Waals surface area contributed by atoms with Crippen LogP contribution in [0.25, 0.3) is 0 Å². The van der Waals surface area contributed by atoms with Crippen molar-refractivity contribution in [3.05, 3.63) is 29.0 Å². The summed E-state index contributed by atoms with van der Waals surface area (Å²) < 4.78 is 17.7. The van der Waals surface area contributed by atoms with Gasteiger partial charge in [-0.25, -0.2) is 4.39 Å². The maximum Gasteiger partial charge on any atom is 0.323 e. The lowest BCUT2D eigenvalue weighted by Gasteiger charge is -2.10. The van der Waals surface area contributed by atoms with Gasteiger partial charge in [0.15, 0.2) is 0 Å². The summed E-state index contributed by atoms with van der Waals surface area (Å²) >= 11 is 6.81. The minimum atomic E-state index is -0.761. The van der Waals surface area contributed by atoms with Crippen LogP contribution in [0.15, 0.2) is 18.2 Å². The quantitative estimate of drug-likeness (QED) is 0.746. The fourth-order valence-corrected chi connectivity index (χ4v) is 2.31. The molecule has 0 radical (unpaired) electrons. The van der Waals surface area contributed by atoms with E-state index in [0.29, 0.717) is 5.69 Å². The average Bonchev–Trinajstić information content (AvgIpc) is 2.43. The van der Waals surface area contributed by atoms with E-state index in [1.807, 2.05) is 0 Å². The molecule has 0 aliphatic heterocycles. The van der Waals surface area contributed by atoms with Gasteiger partial charge < -0.3 is 15.8 Å². The number of benzene rings is 1. The van der Waals surface area contributed by atoms with Gasteiger partial charge >= 0.3 is 5.97 Å². The maximum atomic E-state index is 13.0. The van der Waals surface area contributed by atoms with E-state index >= 15 is 0 Å². The number of amides is 1. The molecule has 0 aromatic heterocycles. The minimum Gasteiger partial charge on any atom is -0.465 e. The van der Waals surface area contributed by atoms with Crippen molar-refractivity contribution >= 4 is 40.9 Å². The molecule has 1 atom stereocenters. The van der Waals surface area contributed by atoms with E-state index in [0.717, 1.165) is 0 Å². The zero-order valence-electron chi connectivity index (χ0n) is 11.4. The van der Waals surface area contributed by atoms with Crippen LogP contribution in [0.2, 0.25) is 5.02 Å². The summed E-state index contributed by atoms with van der Waals surface area (Å²) in [6.07, 6.45) is 0. The van der Waals surface area contributed by atoms with Gasteiger partial charge in [-0.3, -0.25) is 9.59 Å². The number of hydrogen-bond donors (Lipinski definition) is 2. The SMILES string of the molecule is CCOC(=O)C(N)CSCC(=O)Nc1ccc(F)c(Cl)c1. The smallest absolute Gasteiger partial charge is 0.323 e. The molecule has 0 aliphatic carbocycles. The van der Waals surface area contributed by atoms with E-state index < -0.39 is 17.8 Å². The third kappa shape index (κ3) is 6.33. The number of anilines is 1. The molecular weight excluding hydrogens is 319 g/mol. The summed E-state index contributed by atoms with van der Waals surface area (Å²) in [6, 6.07) is 3.14. The Hall–Kier alpha value is -1.31. The molecule has 1 rings (SSSR count). The average molecular weight is 335 g/mol. The highest BCUT2D eigenvalue weighted by atomic mass is 35.5. The van der Waals surface area contributed by atoms with Gasteiger partial charge in [-0.05, 0) is 25.1 Å². The van der Waals surface area contributed by atoms with Crippen molar-refractivity contribution in [2.24, 2.45) is 5.73 Å². The molecule has 1 aromatic rings. The lowest BCUT2D eigenvalue weighted by Crippen LogP contribution is -2.35. The second-order valence-electron chi connectivity index (χ2n) is 4.05. The molecule has 1 aromatic carbocycles. The summed E-state index contributed by atoms with van der Waals surface area (Å²) in [5.74, 6) is -0.947. The van der Waals surface area contributed by atoms with Crippen LogP contribution in [-0.4, -0.2) is 36.0 Å². The predicted octanol–water partition coefficient (Wildman–Crippen LogP) is 2.04. The van der Waals surface area contributed by atoms with Crippen LogP contribution in [0.5, 0.6) is 0 Å². The number of hydrogen-bond acceptors (Lipinski definition) is 5. The maximum absolute atomic E-state index is 13.0. The third-order valence-corrected chi connectivity index (χ3v) is 3.67. The normalized spacial score (nSPS) is 11.8. The fraction of sp³-hybridized carbons (Fsp3) is 0.385. The molecule has 0 spiro atoms. The van der Waals surface area contributed by atoms with Gasteiger partial charge in [0.1, 0.15) is 11.9 Å². The second-order valence-corrected chi connectivity index (χ2v) is 5.49. The van der Waals surface area contributed by atoms with Crippen molar-refractivity contribution in [2.75, 3.05) is 23.4 Å². The molecule has 0 fully saturated rings. The first-order chi connectivity index (χ1) is 9.93. The van der Waals surface area contributed by atoms with Gasteiger partial charge in [-0.2, -0.15) is 0 Å². The number of esters is 1. The molecule has 0 bridgehead atoms. The van der Waals surface area contributed by atoms with Crippen molar-refractivity contribution < 1.29 is 18.7 Å². The predicted molar refractivity (Wildman–Crippen MR) is 82.0 cm³/mol. The minimum absolute atomic E-state index is 0.0650. The first kappa shape index (κ1) is 17.7. The third-order valence-electron chi connectivity index (χ3n) is 2.32. The largest absolute Gasteiger partial charge is 0.465 e. The van der Waals surface area contributed by atoms with Gasteiger partial charge in [0, 0.05) is 11.4 Å². The van der Waals surface area contributed by atoms with Crippen LogP contribution >= 0.6 is 23.4 Å². The van der Waals surface area contributed by atoms with Gasteiger partial charge in [0.2, 0.25) is 5.91 Å². The van der Waals surface area contributed by atoms with E-state index in [4.69, 9.17) is 22.1 Å². The van der Waals surface area contributed by atoms with Crippen LogP contribution in [-0.2, 0) is 14.3 Å². The van der Waals surface area contributed by atoms with Crippen molar-refractivity contribution in [1.29, 1.82) is 0 Å². The molecule has 8 heteroatoms. The molecule has 1 unspecified atom stereocenters. The number of thioether (sulfide) groups is 1. The van der Waals surface area contributed by atoms with Crippen molar-refractivity contribution in [2.45, 2.75) is 13.0 Å². The van der Waals surface area contributed by atoms with Crippen molar-refractivity contribution in [3.63, 3.8) is 0 Å². The molecule has 0 saturated heterocycles. The summed E-state index contributed by atoms with van der Waals surface area (Å²) in [6.45, 7) is 1.96. The van der Waals surface area contributed by atoms with Gasteiger partial charge in [0.25, 0.3) is 0 Å². The molecule has 0 saturated carbocycles. The Balaban J connectivity index is 2.34. The summed E-state index contributed by atoms with van der Waals surface area (Å²) in [7, 11) is 0. The van der Waals surface area contributed by atoms with Crippen molar-refractivity contribution in [1.82, 2.24) is 0 Å². The lowest BCUT2D eigenvalue weighted by molar-refractivity contribution is -0.144. The van der Waals surface area contributed by atoms with Crippen molar-refractivity contribution in [3.8, 4) is 0 Å². The Morgan fingerprint density at radius 2 is 2.24 bits per heavy atom. The molecule has 21 heavy (non-hydrogen) atoms. The molecule has 1 amide bonds. The second kappa shape index (κ2) is 8.86. The highest BCUT2D eigenvalue weighted by Gasteiger charge is 2.15. The van der Waals surface area contributed by atoms with E-state index in [1.54, 1.807) is 6.92 Å². The zero-order chi connectivity index (χ0) is 15.8. The van der Waals surface area contributed by atoms with E-state index in [1.165, 1.54) is 30.0 Å². The van der Waals surface area contributed by atoms with Gasteiger partial charge in [0.05, 0.1) is 17.4 Å². The molecule has 5 nitrogen and oxygen atoms in total. The molecule has 116 valence electrons. The fourth-order valence-electron chi connectivity index (χ4n) is 1.37. The summed E-state index contributed by atoms with van der Waals surface area (Å²) in [4.78, 5) is 22.9. The number of nitrogens with two attached hydrogens (primary N) is 1.